The van der Waals surface area contributed by atoms with Gasteiger partial charge in [0.15, 0.2) is 17.1 Å². The summed E-state index contributed by atoms with van der Waals surface area (Å²) in [6, 6.07) is 4.66. The number of ether oxygens (including phenoxy) is 3. The smallest absolute Gasteiger partial charge is 0.366 e. The standard InChI is InChI=1S/C20H26F4N2O4S/c1-10-13-17(31-18(25-4)26-13)29-15(14(10)30-19(2,3)27)16(20(22,23)24)28-9-11-5-7-12(21)8-6-11/h5-8,10,13-17,27H,9H2,1-4H3,(H,25,26)/t10-,13-,14+,15+,16-,17-/m1/s1. The second-order valence-electron chi connectivity index (χ2n) is 8.07. The molecule has 2 aliphatic rings. The molecule has 174 valence electrons. The summed E-state index contributed by atoms with van der Waals surface area (Å²) in [6.45, 7) is 4.04. The van der Waals surface area contributed by atoms with E-state index in [1.807, 2.05) is 0 Å². The van der Waals surface area contributed by atoms with E-state index in [1.165, 1.54) is 37.7 Å². The van der Waals surface area contributed by atoms with Crippen LogP contribution in [0.3, 0.4) is 0 Å². The van der Waals surface area contributed by atoms with Gasteiger partial charge in [0.2, 0.25) is 0 Å². The Morgan fingerprint density at radius 2 is 1.90 bits per heavy atom. The Hall–Kier alpha value is -1.40. The van der Waals surface area contributed by atoms with Gasteiger partial charge in [0.1, 0.15) is 17.4 Å². The van der Waals surface area contributed by atoms with Gasteiger partial charge in [0.05, 0.1) is 18.8 Å². The molecule has 2 aliphatic heterocycles. The molecule has 0 saturated carbocycles. The number of thioether (sulfide) groups is 1. The molecule has 1 aromatic rings. The molecular weight excluding hydrogens is 440 g/mol. The molecule has 2 fully saturated rings. The molecule has 11 heteroatoms. The molecule has 6 atom stereocenters. The number of hydrogen-bond acceptors (Lipinski definition) is 6. The van der Waals surface area contributed by atoms with E-state index < -0.39 is 54.1 Å². The van der Waals surface area contributed by atoms with Crippen LogP contribution in [0.4, 0.5) is 17.6 Å². The first kappa shape index (κ1) is 24.2. The third-order valence-electron chi connectivity index (χ3n) is 5.10. The Kier molecular flexibility index (Phi) is 7.21. The Morgan fingerprint density at radius 1 is 1.26 bits per heavy atom. The minimum Gasteiger partial charge on any atom is -0.366 e. The van der Waals surface area contributed by atoms with E-state index in [2.05, 4.69) is 10.3 Å². The highest BCUT2D eigenvalue weighted by Crippen LogP contribution is 2.43. The van der Waals surface area contributed by atoms with Crippen LogP contribution in [0.25, 0.3) is 0 Å². The van der Waals surface area contributed by atoms with Crippen molar-refractivity contribution < 1.29 is 36.9 Å². The predicted molar refractivity (Wildman–Crippen MR) is 108 cm³/mol. The van der Waals surface area contributed by atoms with Crippen molar-refractivity contribution in [3.8, 4) is 0 Å². The number of alkyl halides is 3. The molecule has 2 N–H and O–H groups in total. The van der Waals surface area contributed by atoms with E-state index in [-0.39, 0.29) is 6.04 Å². The second kappa shape index (κ2) is 9.22. The van der Waals surface area contributed by atoms with E-state index in [0.29, 0.717) is 10.7 Å². The Balaban J connectivity index is 1.88. The maximum absolute atomic E-state index is 14.1. The molecule has 0 radical (unpaired) electrons. The quantitative estimate of drug-likeness (QED) is 0.495. The van der Waals surface area contributed by atoms with Crippen molar-refractivity contribution in [3.63, 3.8) is 0 Å². The summed E-state index contributed by atoms with van der Waals surface area (Å²) in [4.78, 5) is 4.06. The molecule has 0 aromatic heterocycles. The summed E-state index contributed by atoms with van der Waals surface area (Å²) in [6.07, 6.45) is -9.74. The summed E-state index contributed by atoms with van der Waals surface area (Å²) in [7, 11) is 1.57. The van der Waals surface area contributed by atoms with Gasteiger partial charge in [-0.3, -0.25) is 4.99 Å². The highest BCUT2D eigenvalue weighted by molar-refractivity contribution is 8.14. The fourth-order valence-electron chi connectivity index (χ4n) is 3.67. The van der Waals surface area contributed by atoms with Crippen molar-refractivity contribution in [2.75, 3.05) is 7.05 Å². The topological polar surface area (TPSA) is 72.3 Å². The predicted octanol–water partition coefficient (Wildman–Crippen LogP) is 3.44. The Labute approximate surface area is 182 Å². The van der Waals surface area contributed by atoms with Gasteiger partial charge in [-0.25, -0.2) is 4.39 Å². The van der Waals surface area contributed by atoms with Crippen LogP contribution in [0.5, 0.6) is 0 Å². The molecule has 6 nitrogen and oxygen atoms in total. The van der Waals surface area contributed by atoms with E-state index in [9.17, 15) is 22.7 Å². The summed E-state index contributed by atoms with van der Waals surface area (Å²) in [5.74, 6) is -2.64. The van der Waals surface area contributed by atoms with Gasteiger partial charge in [-0.05, 0) is 31.5 Å². The maximum Gasteiger partial charge on any atom is 0.417 e. The summed E-state index contributed by atoms with van der Waals surface area (Å²) in [5.41, 5.74) is -0.241. The molecule has 2 saturated heterocycles. The van der Waals surface area contributed by atoms with Crippen molar-refractivity contribution >= 4 is 16.9 Å². The first-order valence-corrected chi connectivity index (χ1v) is 10.7. The largest absolute Gasteiger partial charge is 0.417 e. The fraction of sp³-hybridized carbons (Fsp3) is 0.650. The number of benzene rings is 1. The van der Waals surface area contributed by atoms with Gasteiger partial charge >= 0.3 is 6.18 Å². The van der Waals surface area contributed by atoms with E-state index >= 15 is 0 Å². The summed E-state index contributed by atoms with van der Waals surface area (Å²) >= 11 is 1.20. The first-order valence-electron chi connectivity index (χ1n) is 9.77. The number of rotatable bonds is 6. The van der Waals surface area contributed by atoms with Gasteiger partial charge < -0.3 is 24.6 Å². The van der Waals surface area contributed by atoms with Crippen LogP contribution in [0.15, 0.2) is 29.3 Å². The number of fused-ring (bicyclic) bond motifs is 1. The normalized spacial score (nSPS) is 31.4. The number of aliphatic imine (C=N–C) groups is 1. The molecule has 1 aromatic carbocycles. The second-order valence-corrected chi connectivity index (χ2v) is 9.16. The van der Waals surface area contributed by atoms with E-state index in [0.717, 1.165) is 12.1 Å². The molecule has 31 heavy (non-hydrogen) atoms. The van der Waals surface area contributed by atoms with Crippen molar-refractivity contribution in [3.05, 3.63) is 35.6 Å². The third kappa shape index (κ3) is 5.89. The molecule has 0 bridgehead atoms. The number of nitrogens with one attached hydrogen (secondary N) is 1. The van der Waals surface area contributed by atoms with Gasteiger partial charge in [-0.1, -0.05) is 30.8 Å². The van der Waals surface area contributed by atoms with Crippen LogP contribution in [0, 0.1) is 11.7 Å². The highest BCUT2D eigenvalue weighted by atomic mass is 32.2. The first-order chi connectivity index (χ1) is 14.4. The van der Waals surface area contributed by atoms with Crippen molar-refractivity contribution in [1.82, 2.24) is 5.32 Å². The maximum atomic E-state index is 14.1. The monoisotopic (exact) mass is 466 g/mol. The van der Waals surface area contributed by atoms with Crippen molar-refractivity contribution in [2.24, 2.45) is 10.9 Å². The minimum absolute atomic E-state index is 0.349. The van der Waals surface area contributed by atoms with E-state index in [4.69, 9.17) is 14.2 Å². The van der Waals surface area contributed by atoms with E-state index in [1.54, 1.807) is 14.0 Å². The van der Waals surface area contributed by atoms with Crippen LogP contribution < -0.4 is 5.32 Å². The van der Waals surface area contributed by atoms with Gasteiger partial charge in [-0.2, -0.15) is 13.2 Å². The number of hydrogen-bond donors (Lipinski definition) is 2. The molecule has 2 heterocycles. The summed E-state index contributed by atoms with van der Waals surface area (Å²) < 4.78 is 72.0. The average molecular weight is 466 g/mol. The zero-order chi connectivity index (χ0) is 23.0. The van der Waals surface area contributed by atoms with Crippen LogP contribution in [-0.2, 0) is 20.8 Å². The van der Waals surface area contributed by atoms with Crippen molar-refractivity contribution in [2.45, 2.75) is 69.1 Å². The number of aliphatic hydroxyl groups is 1. The Bertz CT molecular complexity index is 785. The molecule has 3 rings (SSSR count). The molecule has 0 amide bonds. The zero-order valence-electron chi connectivity index (χ0n) is 17.5. The lowest BCUT2D eigenvalue weighted by atomic mass is 9.86. The summed E-state index contributed by atoms with van der Waals surface area (Å²) in [5, 5.41) is 13.9. The average Bonchev–Trinajstić information content (AvgIpc) is 3.08. The van der Waals surface area contributed by atoms with Gasteiger partial charge in [0, 0.05) is 13.0 Å². The number of nitrogens with zero attached hydrogens (tertiary/aromatic N) is 1. The molecular formula is C20H26F4N2O4S. The number of halogens is 4. The Morgan fingerprint density at radius 3 is 2.45 bits per heavy atom. The number of amidine groups is 1. The minimum atomic E-state index is -4.77. The highest BCUT2D eigenvalue weighted by Gasteiger charge is 2.58. The third-order valence-corrected chi connectivity index (χ3v) is 6.26. The molecule has 0 spiro atoms. The SMILES string of the molecule is CN=C1N[C@@H]2[C@@H](C)[C@H](OC(C)(C)O)[C@@H]([C@@H](OCc3ccc(F)cc3)C(F)(F)F)O[C@@H]2S1. The van der Waals surface area contributed by atoms with Crippen molar-refractivity contribution in [1.29, 1.82) is 0 Å². The lowest BCUT2D eigenvalue weighted by Gasteiger charge is -2.46. The van der Waals surface area contributed by atoms with Crippen LogP contribution >= 0.6 is 11.8 Å². The zero-order valence-corrected chi connectivity index (χ0v) is 18.3. The van der Waals surface area contributed by atoms with Crippen LogP contribution in [0.2, 0.25) is 0 Å². The van der Waals surface area contributed by atoms with Gasteiger partial charge in [0.25, 0.3) is 0 Å². The lowest BCUT2D eigenvalue weighted by Crippen LogP contribution is -2.62. The van der Waals surface area contributed by atoms with Crippen LogP contribution in [-0.4, -0.2) is 59.1 Å². The van der Waals surface area contributed by atoms with Gasteiger partial charge in [-0.15, -0.1) is 0 Å². The molecule has 0 unspecified atom stereocenters. The lowest BCUT2D eigenvalue weighted by molar-refractivity contribution is -0.314. The molecule has 0 aliphatic carbocycles. The fourth-order valence-corrected chi connectivity index (χ4v) is 4.84. The van der Waals surface area contributed by atoms with Crippen LogP contribution in [0.1, 0.15) is 26.3 Å².